The van der Waals surface area contributed by atoms with E-state index in [0.717, 1.165) is 37.7 Å². The van der Waals surface area contributed by atoms with Crippen LogP contribution in [0.5, 0.6) is 0 Å². The molecule has 1 atom stereocenters. The molecular formula is C17H23N3O3S. The highest BCUT2D eigenvalue weighted by Gasteiger charge is 2.62. The van der Waals surface area contributed by atoms with E-state index in [1.165, 1.54) is 11.5 Å². The molecule has 3 N–H and O–H groups in total. The minimum absolute atomic E-state index is 0.0327. The molecule has 3 aliphatic rings. The largest absolute Gasteiger partial charge is 0.396 e. The van der Waals surface area contributed by atoms with Crippen molar-refractivity contribution in [2.24, 2.45) is 10.8 Å². The zero-order valence-electron chi connectivity index (χ0n) is 13.8. The first-order valence-corrected chi connectivity index (χ1v) is 9.35. The average Bonchev–Trinajstić information content (AvgIpc) is 3.37. The van der Waals surface area contributed by atoms with Crippen LogP contribution in [-0.4, -0.2) is 40.0 Å². The van der Waals surface area contributed by atoms with Gasteiger partial charge in [-0.25, -0.2) is 4.37 Å². The fourth-order valence-corrected chi connectivity index (χ4v) is 4.60. The molecular weight excluding hydrogens is 326 g/mol. The molecule has 3 saturated carbocycles. The Morgan fingerprint density at radius 1 is 1.33 bits per heavy atom. The summed E-state index contributed by atoms with van der Waals surface area (Å²) in [4.78, 5) is 25.0. The summed E-state index contributed by atoms with van der Waals surface area (Å²) in [6, 6.07) is 0.450. The second-order valence-electron chi connectivity index (χ2n) is 7.94. The molecule has 0 saturated heterocycles. The summed E-state index contributed by atoms with van der Waals surface area (Å²) in [5.74, 6) is 0.0332. The van der Waals surface area contributed by atoms with Crippen LogP contribution < -0.4 is 10.6 Å². The number of aliphatic hydroxyl groups excluding tert-OH is 1. The molecule has 1 aromatic rings. The van der Waals surface area contributed by atoms with Crippen LogP contribution >= 0.6 is 11.5 Å². The van der Waals surface area contributed by atoms with Crippen molar-refractivity contribution in [1.82, 2.24) is 15.0 Å². The number of carbonyl (C=O) groups excluding carboxylic acids is 2. The second kappa shape index (κ2) is 5.52. The third-order valence-electron chi connectivity index (χ3n) is 5.95. The molecule has 1 unspecified atom stereocenters. The van der Waals surface area contributed by atoms with Gasteiger partial charge in [-0.15, -0.1) is 0 Å². The Kier molecular flexibility index (Phi) is 3.69. The van der Waals surface area contributed by atoms with Crippen molar-refractivity contribution in [3.8, 4) is 0 Å². The molecule has 7 heteroatoms. The monoisotopic (exact) mass is 349 g/mol. The van der Waals surface area contributed by atoms with Crippen LogP contribution in [0.2, 0.25) is 0 Å². The molecule has 0 aromatic carbocycles. The number of nitrogens with one attached hydrogen (secondary N) is 2. The van der Waals surface area contributed by atoms with Crippen LogP contribution in [0.1, 0.15) is 53.8 Å². The van der Waals surface area contributed by atoms with Crippen molar-refractivity contribution in [2.75, 3.05) is 6.61 Å². The van der Waals surface area contributed by atoms with Gasteiger partial charge in [-0.2, -0.15) is 0 Å². The number of nitrogens with zero attached hydrogens (tertiary/aromatic N) is 1. The van der Waals surface area contributed by atoms with Crippen LogP contribution in [0, 0.1) is 17.8 Å². The molecule has 6 nitrogen and oxygen atoms in total. The van der Waals surface area contributed by atoms with E-state index in [4.69, 9.17) is 0 Å². The minimum atomic E-state index is -0.130. The zero-order valence-corrected chi connectivity index (χ0v) is 14.6. The van der Waals surface area contributed by atoms with E-state index in [-0.39, 0.29) is 41.3 Å². The topological polar surface area (TPSA) is 91.3 Å². The van der Waals surface area contributed by atoms with Crippen molar-refractivity contribution in [3.63, 3.8) is 0 Å². The number of aryl methyl sites for hydroxylation is 1. The van der Waals surface area contributed by atoms with Gasteiger partial charge in [-0.1, -0.05) is 0 Å². The first-order valence-electron chi connectivity index (χ1n) is 8.58. The van der Waals surface area contributed by atoms with Gasteiger partial charge in [-0.05, 0) is 61.5 Å². The maximum atomic E-state index is 12.2. The first-order chi connectivity index (χ1) is 11.5. The molecule has 1 aromatic heterocycles. The van der Waals surface area contributed by atoms with Gasteiger partial charge in [0.25, 0.3) is 5.91 Å². The average molecular weight is 349 g/mol. The van der Waals surface area contributed by atoms with Crippen molar-refractivity contribution in [3.05, 3.63) is 16.6 Å². The van der Waals surface area contributed by atoms with E-state index >= 15 is 0 Å². The number of rotatable bonds is 6. The smallest absolute Gasteiger partial charge is 0.263 e. The zero-order chi connectivity index (χ0) is 16.9. The lowest BCUT2D eigenvalue weighted by molar-refractivity contribution is -0.123. The quantitative estimate of drug-likeness (QED) is 0.724. The van der Waals surface area contributed by atoms with Crippen molar-refractivity contribution >= 4 is 23.3 Å². The van der Waals surface area contributed by atoms with Gasteiger partial charge in [0, 0.05) is 36.7 Å². The fraction of sp³-hybridized carbons (Fsp3) is 0.706. The summed E-state index contributed by atoms with van der Waals surface area (Å²) in [6.07, 6.45) is 6.96. The Balaban J connectivity index is 1.21. The Morgan fingerprint density at radius 2 is 2.08 bits per heavy atom. The lowest BCUT2D eigenvalue weighted by atomic mass is 9.76. The molecule has 1 heterocycles. The van der Waals surface area contributed by atoms with Gasteiger partial charge < -0.3 is 15.7 Å². The van der Waals surface area contributed by atoms with Crippen LogP contribution in [0.4, 0.5) is 0 Å². The van der Waals surface area contributed by atoms with E-state index in [2.05, 4.69) is 15.0 Å². The maximum Gasteiger partial charge on any atom is 0.263 e. The molecule has 4 rings (SSSR count). The summed E-state index contributed by atoms with van der Waals surface area (Å²) in [5.41, 5.74) is 0.988. The number of aromatic nitrogens is 1. The van der Waals surface area contributed by atoms with Gasteiger partial charge in [0.05, 0.1) is 0 Å². The van der Waals surface area contributed by atoms with E-state index in [1.807, 2.05) is 6.92 Å². The molecule has 24 heavy (non-hydrogen) atoms. The van der Waals surface area contributed by atoms with E-state index in [9.17, 15) is 14.7 Å². The summed E-state index contributed by atoms with van der Waals surface area (Å²) in [5, 5.41) is 15.5. The maximum absolute atomic E-state index is 12.2. The van der Waals surface area contributed by atoms with E-state index in [0.29, 0.717) is 11.3 Å². The number of amides is 2. The predicted octanol–water partition coefficient (Wildman–Crippen LogP) is 1.38. The number of carbonyl (C=O) groups is 2. The Bertz CT molecular complexity index is 676. The summed E-state index contributed by atoms with van der Waals surface area (Å²) < 4.78 is 4.04. The number of hydrogen-bond donors (Lipinski definition) is 3. The third-order valence-corrected chi connectivity index (χ3v) is 6.85. The summed E-state index contributed by atoms with van der Waals surface area (Å²) in [7, 11) is 0. The molecule has 0 aliphatic heterocycles. The Labute approximate surface area is 145 Å². The molecule has 0 radical (unpaired) electrons. The predicted molar refractivity (Wildman–Crippen MR) is 89.7 cm³/mol. The van der Waals surface area contributed by atoms with Crippen LogP contribution in [0.25, 0.3) is 0 Å². The SMILES string of the molecule is Cc1cnsc1C(=O)NC1CC2(C1)CC2NC(=O)CC1(CO)CC1. The molecule has 1 spiro atoms. The second-order valence-corrected chi connectivity index (χ2v) is 8.74. The van der Waals surface area contributed by atoms with Gasteiger partial charge in [0.2, 0.25) is 5.91 Å². The molecule has 130 valence electrons. The number of aliphatic hydroxyl groups is 1. The molecule has 3 fully saturated rings. The van der Waals surface area contributed by atoms with Gasteiger partial charge in [-0.3, -0.25) is 9.59 Å². The summed E-state index contributed by atoms with van der Waals surface area (Å²) >= 11 is 1.23. The highest BCUT2D eigenvalue weighted by molar-refractivity contribution is 7.08. The van der Waals surface area contributed by atoms with Crippen molar-refractivity contribution in [2.45, 2.75) is 57.5 Å². The van der Waals surface area contributed by atoms with Crippen molar-refractivity contribution in [1.29, 1.82) is 0 Å². The molecule has 2 amide bonds. The lowest BCUT2D eigenvalue weighted by Gasteiger charge is -2.37. The number of hydrogen-bond acceptors (Lipinski definition) is 5. The van der Waals surface area contributed by atoms with Crippen LogP contribution in [0.3, 0.4) is 0 Å². The van der Waals surface area contributed by atoms with Gasteiger partial charge in [0.15, 0.2) is 0 Å². The Morgan fingerprint density at radius 3 is 2.67 bits per heavy atom. The van der Waals surface area contributed by atoms with Crippen molar-refractivity contribution < 1.29 is 14.7 Å². The van der Waals surface area contributed by atoms with Gasteiger partial charge in [0.1, 0.15) is 4.88 Å². The molecule has 3 aliphatic carbocycles. The fourth-order valence-electron chi connectivity index (χ4n) is 3.94. The minimum Gasteiger partial charge on any atom is -0.396 e. The standard InChI is InChI=1S/C17H23N3O3S/c1-10-8-18-24-14(10)15(23)19-11-4-17(5-11)6-12(17)20-13(22)7-16(9-21)2-3-16/h8,11-12,21H,2-7,9H2,1H3,(H,19,23)(H,20,22). The highest BCUT2D eigenvalue weighted by atomic mass is 32.1. The van der Waals surface area contributed by atoms with E-state index in [1.54, 1.807) is 6.20 Å². The van der Waals surface area contributed by atoms with Crippen LogP contribution in [-0.2, 0) is 4.79 Å². The van der Waals surface area contributed by atoms with Gasteiger partial charge >= 0.3 is 0 Å². The normalized spacial score (nSPS) is 32.1. The Hall–Kier alpha value is -1.47. The highest BCUT2D eigenvalue weighted by Crippen LogP contribution is 2.61. The third kappa shape index (κ3) is 2.84. The van der Waals surface area contributed by atoms with E-state index < -0.39 is 0 Å². The van der Waals surface area contributed by atoms with Crippen LogP contribution in [0.15, 0.2) is 6.20 Å². The first kappa shape index (κ1) is 16.0. The summed E-state index contributed by atoms with van der Waals surface area (Å²) in [6.45, 7) is 2.01. The molecule has 0 bridgehead atoms. The lowest BCUT2D eigenvalue weighted by Crippen LogP contribution is -2.48.